The fraction of sp³-hybridized carbons (Fsp3) is 0.417. The molecule has 0 unspecified atom stereocenters. The first-order chi connectivity index (χ1) is 9.13. The van der Waals surface area contributed by atoms with Gasteiger partial charge in [0.05, 0.1) is 10.6 Å². The Morgan fingerprint density at radius 2 is 2.37 bits per heavy atom. The van der Waals surface area contributed by atoms with Crippen LogP contribution in [-0.2, 0) is 6.42 Å². The van der Waals surface area contributed by atoms with E-state index in [1.807, 2.05) is 12.1 Å². The van der Waals surface area contributed by atoms with Crippen molar-refractivity contribution in [3.05, 3.63) is 50.6 Å². The van der Waals surface area contributed by atoms with Gasteiger partial charge in [-0.05, 0) is 47.3 Å². The van der Waals surface area contributed by atoms with Gasteiger partial charge in [-0.2, -0.15) is 0 Å². The lowest BCUT2D eigenvalue weighted by molar-refractivity contribution is -0.404. The minimum atomic E-state index is -0.482. The Hall–Kier alpha value is -1.63. The second kappa shape index (κ2) is 8.47. The van der Waals surface area contributed by atoms with Gasteiger partial charge < -0.3 is 10.6 Å². The molecule has 6 nitrogen and oxygen atoms in total. The molecule has 0 bridgehead atoms. The van der Waals surface area contributed by atoms with Crippen LogP contribution in [0.4, 0.5) is 0 Å². The van der Waals surface area contributed by atoms with E-state index in [1.165, 1.54) is 0 Å². The molecule has 1 heterocycles. The minimum absolute atomic E-state index is 0.420. The van der Waals surface area contributed by atoms with Crippen LogP contribution >= 0.6 is 15.9 Å². The normalized spacial score (nSPS) is 11.2. The van der Waals surface area contributed by atoms with Crippen molar-refractivity contribution < 1.29 is 4.92 Å². The van der Waals surface area contributed by atoms with E-state index in [2.05, 4.69) is 31.5 Å². The maximum absolute atomic E-state index is 10.3. The zero-order valence-corrected chi connectivity index (χ0v) is 12.3. The SMILES string of the molecule is CN/C(=C/[N+](=O)[O-])NCCCCc1ncccc1Br. The Morgan fingerprint density at radius 1 is 1.58 bits per heavy atom. The van der Waals surface area contributed by atoms with Crippen LogP contribution < -0.4 is 10.6 Å². The Labute approximate surface area is 120 Å². The molecule has 0 aliphatic carbocycles. The molecule has 0 atom stereocenters. The van der Waals surface area contributed by atoms with Crippen LogP contribution in [-0.4, -0.2) is 23.5 Å². The summed E-state index contributed by atoms with van der Waals surface area (Å²) in [6, 6.07) is 3.86. The summed E-state index contributed by atoms with van der Waals surface area (Å²) >= 11 is 3.45. The first-order valence-electron chi connectivity index (χ1n) is 6.00. The van der Waals surface area contributed by atoms with Gasteiger partial charge >= 0.3 is 0 Å². The van der Waals surface area contributed by atoms with E-state index in [0.29, 0.717) is 12.4 Å². The zero-order chi connectivity index (χ0) is 14.1. The largest absolute Gasteiger partial charge is 0.370 e. The van der Waals surface area contributed by atoms with E-state index in [4.69, 9.17) is 0 Å². The summed E-state index contributed by atoms with van der Waals surface area (Å²) in [6.07, 6.45) is 5.47. The highest BCUT2D eigenvalue weighted by Crippen LogP contribution is 2.15. The molecule has 0 amide bonds. The lowest BCUT2D eigenvalue weighted by Gasteiger charge is -2.07. The molecule has 1 aromatic rings. The van der Waals surface area contributed by atoms with Gasteiger partial charge in [-0.15, -0.1) is 0 Å². The number of halogens is 1. The second-order valence-electron chi connectivity index (χ2n) is 3.89. The predicted molar refractivity (Wildman–Crippen MR) is 77.0 cm³/mol. The maximum Gasteiger partial charge on any atom is 0.274 e. The van der Waals surface area contributed by atoms with Crippen molar-refractivity contribution in [1.29, 1.82) is 0 Å². The number of nitrogens with one attached hydrogen (secondary N) is 2. The third-order valence-corrected chi connectivity index (χ3v) is 3.22. The molecule has 2 N–H and O–H groups in total. The fourth-order valence-corrected chi connectivity index (χ4v) is 2.00. The summed E-state index contributed by atoms with van der Waals surface area (Å²) < 4.78 is 1.02. The molecule has 19 heavy (non-hydrogen) atoms. The number of unbranched alkanes of at least 4 members (excludes halogenated alkanes) is 1. The van der Waals surface area contributed by atoms with Crippen molar-refractivity contribution in [3.8, 4) is 0 Å². The van der Waals surface area contributed by atoms with Crippen molar-refractivity contribution >= 4 is 15.9 Å². The topological polar surface area (TPSA) is 80.1 Å². The van der Waals surface area contributed by atoms with Gasteiger partial charge in [-0.25, -0.2) is 0 Å². The van der Waals surface area contributed by atoms with Crippen molar-refractivity contribution in [3.63, 3.8) is 0 Å². The monoisotopic (exact) mass is 328 g/mol. The highest BCUT2D eigenvalue weighted by atomic mass is 79.9. The van der Waals surface area contributed by atoms with E-state index >= 15 is 0 Å². The van der Waals surface area contributed by atoms with Crippen molar-refractivity contribution in [2.24, 2.45) is 0 Å². The first-order valence-corrected chi connectivity index (χ1v) is 6.79. The van der Waals surface area contributed by atoms with Gasteiger partial charge in [0.25, 0.3) is 6.20 Å². The molecule has 1 aromatic heterocycles. The lowest BCUT2D eigenvalue weighted by Crippen LogP contribution is -2.25. The number of nitro groups is 1. The molecular formula is C12H17BrN4O2. The van der Waals surface area contributed by atoms with E-state index in [9.17, 15) is 10.1 Å². The molecule has 1 rings (SSSR count). The Bertz CT molecular complexity index is 451. The van der Waals surface area contributed by atoms with Gasteiger partial charge in [-0.1, -0.05) is 0 Å². The number of hydrogen-bond acceptors (Lipinski definition) is 5. The lowest BCUT2D eigenvalue weighted by atomic mass is 10.2. The molecule has 0 aliphatic heterocycles. The van der Waals surface area contributed by atoms with Crippen LogP contribution in [0.3, 0.4) is 0 Å². The molecule has 7 heteroatoms. The average molecular weight is 329 g/mol. The van der Waals surface area contributed by atoms with Crippen LogP contribution in [0.15, 0.2) is 34.8 Å². The standard InChI is InChI=1S/C12H17BrN4O2/c1-14-12(9-17(18)19)16-7-3-2-6-11-10(13)5-4-8-15-11/h4-5,8-9,14,16H,2-3,6-7H2,1H3/b12-9-. The zero-order valence-electron chi connectivity index (χ0n) is 10.7. The molecule has 0 aliphatic rings. The quantitative estimate of drug-likeness (QED) is 0.433. The van der Waals surface area contributed by atoms with E-state index in [0.717, 1.165) is 35.6 Å². The Balaban J connectivity index is 2.25. The van der Waals surface area contributed by atoms with Gasteiger partial charge in [0.2, 0.25) is 0 Å². The van der Waals surface area contributed by atoms with Crippen molar-refractivity contribution in [2.45, 2.75) is 19.3 Å². The molecular weight excluding hydrogens is 312 g/mol. The van der Waals surface area contributed by atoms with Crippen LogP contribution in [0.25, 0.3) is 0 Å². The third-order valence-electron chi connectivity index (χ3n) is 2.49. The third kappa shape index (κ3) is 6.19. The molecule has 104 valence electrons. The van der Waals surface area contributed by atoms with Crippen molar-refractivity contribution in [1.82, 2.24) is 15.6 Å². The number of rotatable bonds is 8. The number of aryl methyl sites for hydroxylation is 1. The summed E-state index contributed by atoms with van der Waals surface area (Å²) in [6.45, 7) is 0.685. The summed E-state index contributed by atoms with van der Waals surface area (Å²) in [5, 5.41) is 16.0. The molecule has 0 saturated carbocycles. The number of hydrogen-bond donors (Lipinski definition) is 2. The molecule has 0 fully saturated rings. The van der Waals surface area contributed by atoms with E-state index in [-0.39, 0.29) is 0 Å². The Morgan fingerprint density at radius 3 is 3.00 bits per heavy atom. The van der Waals surface area contributed by atoms with Crippen LogP contribution in [0.5, 0.6) is 0 Å². The summed E-state index contributed by atoms with van der Waals surface area (Å²) in [5.41, 5.74) is 1.04. The fourth-order valence-electron chi connectivity index (χ4n) is 1.55. The molecule has 0 radical (unpaired) electrons. The second-order valence-corrected chi connectivity index (χ2v) is 4.75. The first kappa shape index (κ1) is 15.4. The van der Waals surface area contributed by atoms with Gasteiger partial charge in [0, 0.05) is 24.3 Å². The van der Waals surface area contributed by atoms with Gasteiger partial charge in [0.1, 0.15) is 0 Å². The highest BCUT2D eigenvalue weighted by molar-refractivity contribution is 9.10. The van der Waals surface area contributed by atoms with Crippen LogP contribution in [0, 0.1) is 10.1 Å². The number of pyridine rings is 1. The number of nitrogens with zero attached hydrogens (tertiary/aromatic N) is 2. The highest BCUT2D eigenvalue weighted by Gasteiger charge is 2.01. The van der Waals surface area contributed by atoms with Crippen molar-refractivity contribution in [2.75, 3.05) is 13.6 Å². The van der Waals surface area contributed by atoms with Gasteiger partial charge in [0.15, 0.2) is 5.82 Å². The molecule has 0 saturated heterocycles. The smallest absolute Gasteiger partial charge is 0.274 e. The molecule has 0 aromatic carbocycles. The summed E-state index contributed by atoms with van der Waals surface area (Å²) in [7, 11) is 1.65. The number of aromatic nitrogens is 1. The van der Waals surface area contributed by atoms with Crippen LogP contribution in [0.2, 0.25) is 0 Å². The average Bonchev–Trinajstić information content (AvgIpc) is 2.38. The van der Waals surface area contributed by atoms with Crippen LogP contribution in [0.1, 0.15) is 18.5 Å². The Kier molecular flexibility index (Phi) is 6.88. The van der Waals surface area contributed by atoms with E-state index in [1.54, 1.807) is 13.2 Å². The van der Waals surface area contributed by atoms with Gasteiger partial charge in [-0.3, -0.25) is 15.1 Å². The summed E-state index contributed by atoms with van der Waals surface area (Å²) in [5.74, 6) is 0.420. The minimum Gasteiger partial charge on any atom is -0.370 e. The summed E-state index contributed by atoms with van der Waals surface area (Å²) in [4.78, 5) is 14.1. The predicted octanol–water partition coefficient (Wildman–Crippen LogP) is 2.05. The van der Waals surface area contributed by atoms with E-state index < -0.39 is 4.92 Å². The maximum atomic E-state index is 10.3. The molecule has 0 spiro atoms.